The van der Waals surface area contributed by atoms with Gasteiger partial charge in [0.2, 0.25) is 5.91 Å². The summed E-state index contributed by atoms with van der Waals surface area (Å²) in [5, 5.41) is 0.452. The first-order chi connectivity index (χ1) is 10.3. The first-order valence-electron chi connectivity index (χ1n) is 6.58. The Morgan fingerprint density at radius 1 is 1.32 bits per heavy atom. The molecule has 1 amide bonds. The Morgan fingerprint density at radius 3 is 2.50 bits per heavy atom. The molecular weight excluding hydrogens is 326 g/mol. The molecule has 0 atom stereocenters. The third kappa shape index (κ3) is 4.08. The first-order valence-corrected chi connectivity index (χ1v) is 8.44. The van der Waals surface area contributed by atoms with E-state index in [1.165, 1.54) is 6.20 Å². The van der Waals surface area contributed by atoms with E-state index < -0.39 is 15.9 Å². The van der Waals surface area contributed by atoms with Crippen LogP contribution in [0.1, 0.15) is 17.8 Å². The fraction of sp³-hybridized carbons (Fsp3) is 0.286. The lowest BCUT2D eigenvalue weighted by Crippen LogP contribution is -2.31. The standard InChI is InChI=1S/C14H16ClN3O3S/c1-10-16-14(9-18(10)2)22(20,21)17-13(19)8-5-11-3-6-12(15)7-4-11/h3-4,6-7,9H,5,8H2,1-2H3,(H,17,19). The number of rotatable bonds is 5. The van der Waals surface area contributed by atoms with Gasteiger partial charge in [-0.05, 0) is 31.0 Å². The van der Waals surface area contributed by atoms with Crippen molar-refractivity contribution in [2.45, 2.75) is 24.8 Å². The van der Waals surface area contributed by atoms with Crippen molar-refractivity contribution in [3.63, 3.8) is 0 Å². The van der Waals surface area contributed by atoms with Crippen LogP contribution in [0.25, 0.3) is 0 Å². The monoisotopic (exact) mass is 341 g/mol. The number of benzene rings is 1. The second kappa shape index (κ2) is 6.50. The summed E-state index contributed by atoms with van der Waals surface area (Å²) in [5.74, 6) is -0.0211. The number of aromatic nitrogens is 2. The maximum atomic E-state index is 12.0. The van der Waals surface area contributed by atoms with Crippen LogP contribution < -0.4 is 4.72 Å². The van der Waals surface area contributed by atoms with E-state index in [1.54, 1.807) is 42.8 Å². The highest BCUT2D eigenvalue weighted by atomic mass is 35.5. The highest BCUT2D eigenvalue weighted by Gasteiger charge is 2.21. The van der Waals surface area contributed by atoms with E-state index in [1.807, 2.05) is 4.72 Å². The number of carbonyl (C=O) groups excluding carboxylic acids is 1. The second-order valence-corrected chi connectivity index (χ2v) is 6.96. The number of hydrogen-bond donors (Lipinski definition) is 1. The van der Waals surface area contributed by atoms with Crippen LogP contribution in [-0.4, -0.2) is 23.9 Å². The zero-order valence-corrected chi connectivity index (χ0v) is 13.8. The van der Waals surface area contributed by atoms with Gasteiger partial charge in [-0.3, -0.25) is 4.79 Å². The molecule has 0 aliphatic carbocycles. The minimum absolute atomic E-state index is 0.0622. The average molecular weight is 342 g/mol. The Labute approximate surface area is 134 Å². The maximum Gasteiger partial charge on any atom is 0.283 e. The summed E-state index contributed by atoms with van der Waals surface area (Å²) in [6, 6.07) is 7.04. The van der Waals surface area contributed by atoms with Gasteiger partial charge >= 0.3 is 0 Å². The fourth-order valence-corrected chi connectivity index (χ4v) is 3.00. The van der Waals surface area contributed by atoms with Crippen molar-refractivity contribution in [1.82, 2.24) is 14.3 Å². The van der Waals surface area contributed by atoms with Gasteiger partial charge in [-0.25, -0.2) is 9.71 Å². The molecule has 0 aliphatic heterocycles. The SMILES string of the molecule is Cc1nc(S(=O)(=O)NC(=O)CCc2ccc(Cl)cc2)cn1C. The van der Waals surface area contributed by atoms with Crippen molar-refractivity contribution in [2.75, 3.05) is 0 Å². The van der Waals surface area contributed by atoms with E-state index in [-0.39, 0.29) is 11.4 Å². The molecule has 1 aromatic carbocycles. The summed E-state index contributed by atoms with van der Waals surface area (Å²) >= 11 is 5.78. The predicted octanol–water partition coefficient (Wildman–Crippen LogP) is 1.82. The van der Waals surface area contributed by atoms with Crippen molar-refractivity contribution in [3.8, 4) is 0 Å². The molecule has 0 saturated heterocycles. The lowest BCUT2D eigenvalue weighted by Gasteiger charge is -2.05. The molecule has 22 heavy (non-hydrogen) atoms. The minimum atomic E-state index is -3.92. The lowest BCUT2D eigenvalue weighted by atomic mass is 10.1. The van der Waals surface area contributed by atoms with Gasteiger partial charge < -0.3 is 4.57 Å². The zero-order chi connectivity index (χ0) is 16.3. The number of imidazole rings is 1. The first kappa shape index (κ1) is 16.5. The molecule has 0 unspecified atom stereocenters. The summed E-state index contributed by atoms with van der Waals surface area (Å²) in [4.78, 5) is 15.7. The fourth-order valence-electron chi connectivity index (χ4n) is 1.82. The van der Waals surface area contributed by atoms with Gasteiger partial charge in [0, 0.05) is 24.7 Å². The Bertz CT molecular complexity index is 763. The smallest absolute Gasteiger partial charge is 0.283 e. The van der Waals surface area contributed by atoms with E-state index in [9.17, 15) is 13.2 Å². The van der Waals surface area contributed by atoms with Gasteiger partial charge in [0.1, 0.15) is 5.82 Å². The van der Waals surface area contributed by atoms with Crippen molar-refractivity contribution in [1.29, 1.82) is 0 Å². The van der Waals surface area contributed by atoms with Gasteiger partial charge in [-0.1, -0.05) is 23.7 Å². The molecule has 2 rings (SSSR count). The van der Waals surface area contributed by atoms with Crippen LogP contribution in [-0.2, 0) is 28.3 Å². The Kier molecular flexibility index (Phi) is 4.87. The summed E-state index contributed by atoms with van der Waals surface area (Å²) in [6.45, 7) is 1.68. The average Bonchev–Trinajstić information content (AvgIpc) is 2.78. The molecular formula is C14H16ClN3O3S. The Balaban J connectivity index is 1.97. The highest BCUT2D eigenvalue weighted by molar-refractivity contribution is 7.90. The van der Waals surface area contributed by atoms with E-state index >= 15 is 0 Å². The second-order valence-electron chi connectivity index (χ2n) is 4.89. The summed E-state index contributed by atoms with van der Waals surface area (Å²) in [6.07, 6.45) is 1.86. The van der Waals surface area contributed by atoms with Crippen LogP contribution in [0.3, 0.4) is 0 Å². The summed E-state index contributed by atoms with van der Waals surface area (Å²) in [5.41, 5.74) is 0.908. The normalized spacial score (nSPS) is 11.4. The number of amides is 1. The van der Waals surface area contributed by atoms with Crippen LogP contribution in [0.5, 0.6) is 0 Å². The van der Waals surface area contributed by atoms with E-state index in [2.05, 4.69) is 4.98 Å². The number of aryl methyl sites for hydroxylation is 3. The molecule has 0 saturated carbocycles. The third-order valence-corrected chi connectivity index (χ3v) is 4.66. The number of carbonyl (C=O) groups is 1. The van der Waals surface area contributed by atoms with Crippen molar-refractivity contribution in [2.24, 2.45) is 7.05 Å². The van der Waals surface area contributed by atoms with Crippen LogP contribution >= 0.6 is 11.6 Å². The molecule has 0 fully saturated rings. The van der Waals surface area contributed by atoms with E-state index in [4.69, 9.17) is 11.6 Å². The van der Waals surface area contributed by atoms with Gasteiger partial charge in [0.15, 0.2) is 5.03 Å². The van der Waals surface area contributed by atoms with Crippen LogP contribution in [0, 0.1) is 6.92 Å². The third-order valence-electron chi connectivity index (χ3n) is 3.16. The Hall–Kier alpha value is -1.86. The molecule has 0 spiro atoms. The summed E-state index contributed by atoms with van der Waals surface area (Å²) in [7, 11) is -2.24. The highest BCUT2D eigenvalue weighted by Crippen LogP contribution is 2.12. The molecule has 2 aromatic rings. The van der Waals surface area contributed by atoms with Gasteiger partial charge in [-0.2, -0.15) is 8.42 Å². The Morgan fingerprint density at radius 2 is 1.95 bits per heavy atom. The summed E-state index contributed by atoms with van der Waals surface area (Å²) < 4.78 is 27.7. The van der Waals surface area contributed by atoms with Crippen LogP contribution in [0.4, 0.5) is 0 Å². The molecule has 1 aromatic heterocycles. The van der Waals surface area contributed by atoms with Crippen molar-refractivity contribution >= 4 is 27.5 Å². The van der Waals surface area contributed by atoms with Gasteiger partial charge in [0.05, 0.1) is 0 Å². The number of nitrogens with zero attached hydrogens (tertiary/aromatic N) is 2. The predicted molar refractivity (Wildman–Crippen MR) is 83.0 cm³/mol. The number of halogens is 1. The van der Waals surface area contributed by atoms with Gasteiger partial charge in [-0.15, -0.1) is 0 Å². The lowest BCUT2D eigenvalue weighted by molar-refractivity contribution is -0.119. The molecule has 0 bridgehead atoms. The zero-order valence-electron chi connectivity index (χ0n) is 12.2. The molecule has 118 valence electrons. The largest absolute Gasteiger partial charge is 0.337 e. The molecule has 0 radical (unpaired) electrons. The number of sulfonamides is 1. The van der Waals surface area contributed by atoms with Crippen molar-refractivity contribution < 1.29 is 13.2 Å². The minimum Gasteiger partial charge on any atom is -0.337 e. The topological polar surface area (TPSA) is 81.1 Å². The molecule has 8 heteroatoms. The van der Waals surface area contributed by atoms with Crippen molar-refractivity contribution in [3.05, 3.63) is 46.9 Å². The number of nitrogens with one attached hydrogen (secondary N) is 1. The molecule has 1 N–H and O–H groups in total. The maximum absolute atomic E-state index is 12.0. The van der Waals surface area contributed by atoms with Crippen LogP contribution in [0.2, 0.25) is 5.02 Å². The van der Waals surface area contributed by atoms with E-state index in [0.717, 1.165) is 5.56 Å². The molecule has 6 nitrogen and oxygen atoms in total. The number of hydrogen-bond acceptors (Lipinski definition) is 4. The van der Waals surface area contributed by atoms with Gasteiger partial charge in [0.25, 0.3) is 10.0 Å². The van der Waals surface area contributed by atoms with E-state index in [0.29, 0.717) is 17.3 Å². The van der Waals surface area contributed by atoms with Crippen LogP contribution in [0.15, 0.2) is 35.5 Å². The molecule has 0 aliphatic rings. The quantitative estimate of drug-likeness (QED) is 0.899. The molecule has 1 heterocycles.